The smallest absolute Gasteiger partial charge is 0.460 e. The van der Waals surface area contributed by atoms with Crippen LogP contribution in [0.1, 0.15) is 74.6 Å². The van der Waals surface area contributed by atoms with Crippen LogP contribution in [0.4, 0.5) is 74.6 Å². The van der Waals surface area contributed by atoms with Crippen molar-refractivity contribution in [1.29, 1.82) is 5.26 Å². The second kappa shape index (κ2) is 24.3. The SMILES string of the molecule is COc1ccc(C(OC[C@H]2O[C@@H](n3cc(C)c(=O)[nH]c3=O)C(O)[C@H]2OP(OCCC#N)N(C(C)C)C(C)C)(c2ccc(CCC(F)(F)C(F)(F)C(F)(F)C(F)(F)C(F)(F)C(F)(F)C(F)(F)C(F)(F)F)cc2)c2ccc(OC)cc2)cc1. The second-order valence-corrected chi connectivity index (χ2v) is 20.4. The summed E-state index contributed by atoms with van der Waals surface area (Å²) >= 11 is 0. The number of aliphatic hydroxyl groups is 1. The first kappa shape index (κ1) is 66.2. The molecule has 1 aliphatic heterocycles. The maximum absolute atomic E-state index is 15.2. The molecule has 0 radical (unpaired) electrons. The number of hydrogen-bond acceptors (Lipinski definition) is 11. The van der Waals surface area contributed by atoms with Gasteiger partial charge in [0, 0.05) is 30.3 Å². The number of aryl methyl sites for hydroxylation is 2. The van der Waals surface area contributed by atoms with Crippen molar-refractivity contribution < 1.29 is 108 Å². The summed E-state index contributed by atoms with van der Waals surface area (Å²) < 4.78 is 278. The lowest BCUT2D eigenvalue weighted by molar-refractivity contribution is -0.461. The molecule has 2 unspecified atom stereocenters. The van der Waals surface area contributed by atoms with Gasteiger partial charge in [-0.3, -0.25) is 14.3 Å². The zero-order chi connectivity index (χ0) is 61.3. The van der Waals surface area contributed by atoms with Crippen molar-refractivity contribution in [3.8, 4) is 17.6 Å². The highest BCUT2D eigenvalue weighted by Gasteiger charge is 2.95. The third-order valence-electron chi connectivity index (χ3n) is 12.9. The fourth-order valence-corrected chi connectivity index (χ4v) is 10.3. The van der Waals surface area contributed by atoms with E-state index in [2.05, 4.69) is 4.98 Å². The predicted octanol–water partition coefficient (Wildman–Crippen LogP) is 11.7. The molecule has 81 heavy (non-hydrogen) atoms. The van der Waals surface area contributed by atoms with Gasteiger partial charge in [0.15, 0.2) is 6.23 Å². The maximum Gasteiger partial charge on any atom is 0.460 e. The van der Waals surface area contributed by atoms with Crippen molar-refractivity contribution in [2.45, 2.75) is 144 Å². The fraction of sp³-hybridized carbons (Fsp3) is 0.540. The van der Waals surface area contributed by atoms with Gasteiger partial charge in [-0.1, -0.05) is 48.5 Å². The number of ether oxygens (including phenoxy) is 4. The number of aromatic amines is 1. The normalized spacial score (nSPS) is 18.7. The van der Waals surface area contributed by atoms with Crippen molar-refractivity contribution in [2.75, 3.05) is 27.4 Å². The van der Waals surface area contributed by atoms with Gasteiger partial charge in [0.05, 0.1) is 39.9 Å². The van der Waals surface area contributed by atoms with E-state index >= 15 is 8.78 Å². The van der Waals surface area contributed by atoms with Gasteiger partial charge < -0.3 is 33.1 Å². The van der Waals surface area contributed by atoms with Crippen LogP contribution in [0.2, 0.25) is 0 Å². The van der Waals surface area contributed by atoms with Crippen molar-refractivity contribution in [3.05, 3.63) is 128 Å². The van der Waals surface area contributed by atoms with Crippen molar-refractivity contribution >= 4 is 8.53 Å². The topological polar surface area (TPSA) is 158 Å². The number of aromatic nitrogens is 2. The molecule has 5 rings (SSSR count). The van der Waals surface area contributed by atoms with Crippen molar-refractivity contribution in [3.63, 3.8) is 0 Å². The van der Waals surface area contributed by atoms with Crippen LogP contribution in [-0.4, -0.2) is 125 Å². The molecular formula is C50H52F17N4O9P. The minimum atomic E-state index is -8.76. The summed E-state index contributed by atoms with van der Waals surface area (Å²) in [5, 5.41) is 21.5. The monoisotopic (exact) mass is 1210 g/mol. The number of benzene rings is 3. The average molecular weight is 1210 g/mol. The molecule has 0 bridgehead atoms. The number of nitriles is 1. The number of hydrogen-bond donors (Lipinski definition) is 2. The van der Waals surface area contributed by atoms with E-state index < -0.39 is 123 Å². The Balaban J connectivity index is 1.62. The van der Waals surface area contributed by atoms with Crippen LogP contribution >= 0.6 is 8.53 Å². The summed E-state index contributed by atoms with van der Waals surface area (Å²) in [6.07, 6.45) is -17.5. The maximum atomic E-state index is 15.2. The number of rotatable bonds is 26. The fourth-order valence-electron chi connectivity index (χ4n) is 8.56. The Labute approximate surface area is 451 Å². The molecule has 1 fully saturated rings. The number of nitrogens with zero attached hydrogens (tertiary/aromatic N) is 3. The van der Waals surface area contributed by atoms with Gasteiger partial charge in [0.1, 0.15) is 35.4 Å². The highest BCUT2D eigenvalue weighted by atomic mass is 31.2. The van der Waals surface area contributed by atoms with Crippen LogP contribution in [0.25, 0.3) is 0 Å². The van der Waals surface area contributed by atoms with Crippen LogP contribution in [0.15, 0.2) is 88.6 Å². The summed E-state index contributed by atoms with van der Waals surface area (Å²) in [6.45, 7) is 7.77. The molecule has 0 spiro atoms. The Morgan fingerprint density at radius 3 is 1.58 bits per heavy atom. The Kier molecular flexibility index (Phi) is 19.9. The van der Waals surface area contributed by atoms with Crippen LogP contribution in [0, 0.1) is 18.3 Å². The number of nitrogens with one attached hydrogen (secondary N) is 1. The second-order valence-electron chi connectivity index (χ2n) is 18.9. The summed E-state index contributed by atoms with van der Waals surface area (Å²) in [5.74, 6) is -56.8. The van der Waals surface area contributed by atoms with Crippen LogP contribution in [0.3, 0.4) is 0 Å². The number of halogens is 17. The zero-order valence-electron chi connectivity index (χ0n) is 43.4. The molecule has 1 saturated heterocycles. The van der Waals surface area contributed by atoms with Crippen molar-refractivity contribution in [2.24, 2.45) is 0 Å². The van der Waals surface area contributed by atoms with Gasteiger partial charge in [0.2, 0.25) is 0 Å². The lowest BCUT2D eigenvalue weighted by atomic mass is 9.79. The Hall–Kier alpha value is -5.57. The van der Waals surface area contributed by atoms with E-state index in [1.807, 2.05) is 33.8 Å². The summed E-state index contributed by atoms with van der Waals surface area (Å²) in [7, 11) is 0.439. The van der Waals surface area contributed by atoms with Gasteiger partial charge in [-0.15, -0.1) is 0 Å². The van der Waals surface area contributed by atoms with E-state index in [-0.39, 0.29) is 58.9 Å². The number of H-pyrrole nitrogens is 1. The standard InChI is InChI=1S/C50H52F17N4O9P/c1-27(2)71(28(3)4)81(78-24-8-23-68)80-38-36(79-40(37(38)72)70-25-29(5)39(73)69-41(70)74)26-77-43(32-13-17-34(75-6)18-14-32,33-15-19-35(76-7)20-16-33)31-11-9-30(10-12-31)21-22-42(51,52)44(53,54)45(55,56)46(57,58)47(59,60)48(61,62)49(63,64)50(65,66)67/h9-20,25,27-28,36-38,40,72H,8,21-22,24,26H2,1-7H3,(H,69,73,74)/t36-,37?,38+,40-,81?/m1/s1. The molecular weight excluding hydrogens is 1150 g/mol. The first-order chi connectivity index (χ1) is 37.3. The minimum Gasteiger partial charge on any atom is -0.497 e. The van der Waals surface area contributed by atoms with Gasteiger partial charge in [-0.05, 0) is 87.6 Å². The largest absolute Gasteiger partial charge is 0.497 e. The lowest BCUT2D eigenvalue weighted by Crippen LogP contribution is -2.74. The Bertz CT molecular complexity index is 2870. The van der Waals surface area contributed by atoms with Crippen LogP contribution < -0.4 is 20.7 Å². The zero-order valence-corrected chi connectivity index (χ0v) is 44.3. The van der Waals surface area contributed by atoms with Crippen LogP contribution in [-0.2, 0) is 30.5 Å². The quantitative estimate of drug-likeness (QED) is 0.0267. The summed E-state index contributed by atoms with van der Waals surface area (Å²) in [5.41, 5.74) is -3.97. The van der Waals surface area contributed by atoms with Crippen LogP contribution in [0.5, 0.6) is 11.5 Å². The molecule has 3 aromatic carbocycles. The Morgan fingerprint density at radius 2 is 1.15 bits per heavy atom. The van der Waals surface area contributed by atoms with Gasteiger partial charge >= 0.3 is 53.3 Å². The number of aliphatic hydroxyl groups excluding tert-OH is 1. The molecule has 0 aliphatic carbocycles. The molecule has 2 N–H and O–H groups in total. The van der Waals surface area contributed by atoms with Gasteiger partial charge in [-0.2, -0.15) is 79.9 Å². The predicted molar refractivity (Wildman–Crippen MR) is 253 cm³/mol. The van der Waals surface area contributed by atoms with E-state index in [9.17, 15) is 85.8 Å². The van der Waals surface area contributed by atoms with E-state index in [0.29, 0.717) is 0 Å². The minimum absolute atomic E-state index is 0.0128. The van der Waals surface area contributed by atoms with E-state index in [1.54, 1.807) is 4.67 Å². The molecule has 4 aromatic rings. The molecule has 5 atom stereocenters. The third-order valence-corrected chi connectivity index (χ3v) is 15.1. The van der Waals surface area contributed by atoms with Gasteiger partial charge in [-0.25, -0.2) is 9.46 Å². The molecule has 1 aliphatic rings. The molecule has 1 aromatic heterocycles. The molecule has 2 heterocycles. The molecule has 31 heteroatoms. The first-order valence-electron chi connectivity index (χ1n) is 23.9. The highest BCUT2D eigenvalue weighted by molar-refractivity contribution is 7.44. The van der Waals surface area contributed by atoms with Gasteiger partial charge in [0.25, 0.3) is 14.1 Å². The lowest BCUT2D eigenvalue weighted by Gasteiger charge is -2.42. The summed E-state index contributed by atoms with van der Waals surface area (Å²) in [6, 6.07) is 17.1. The molecule has 0 amide bonds. The van der Waals surface area contributed by atoms with Crippen molar-refractivity contribution in [1.82, 2.24) is 14.2 Å². The van der Waals surface area contributed by atoms with E-state index in [0.717, 1.165) is 35.0 Å². The van der Waals surface area contributed by atoms with E-state index in [1.165, 1.54) is 69.7 Å². The summed E-state index contributed by atoms with van der Waals surface area (Å²) in [4.78, 5) is 27.8. The molecule has 450 valence electrons. The third kappa shape index (κ3) is 12.3. The number of alkyl halides is 17. The number of methoxy groups -OCH3 is 2. The molecule has 0 saturated carbocycles. The first-order valence-corrected chi connectivity index (χ1v) is 25.0. The van der Waals surface area contributed by atoms with E-state index in [4.69, 9.17) is 28.0 Å². The average Bonchev–Trinajstić information content (AvgIpc) is 3.69. The molecule has 13 nitrogen and oxygen atoms in total. The highest BCUT2D eigenvalue weighted by Crippen LogP contribution is 2.64. The Morgan fingerprint density at radius 1 is 0.704 bits per heavy atom.